The molecule has 0 bridgehead atoms. The van der Waals surface area contributed by atoms with Crippen molar-refractivity contribution >= 4 is 23.3 Å². The highest BCUT2D eigenvalue weighted by molar-refractivity contribution is 6.30. The zero-order chi connectivity index (χ0) is 13.0. The maximum Gasteiger partial charge on any atom is 0.239 e. The average molecular weight is 269 g/mol. The van der Waals surface area contributed by atoms with Crippen LogP contribution in [0.15, 0.2) is 6.33 Å². The van der Waals surface area contributed by atoms with E-state index in [1.807, 2.05) is 0 Å². The van der Waals surface area contributed by atoms with Gasteiger partial charge in [0.05, 0.1) is 6.54 Å². The van der Waals surface area contributed by atoms with E-state index >= 15 is 0 Å². The minimum atomic E-state index is -0.00492. The van der Waals surface area contributed by atoms with Crippen LogP contribution in [0.1, 0.15) is 31.7 Å². The molecule has 18 heavy (non-hydrogen) atoms. The van der Waals surface area contributed by atoms with Gasteiger partial charge in [-0.05, 0) is 19.3 Å². The zero-order valence-electron chi connectivity index (χ0n) is 10.4. The van der Waals surface area contributed by atoms with Crippen LogP contribution in [0.25, 0.3) is 0 Å². The first-order chi connectivity index (χ1) is 8.70. The van der Waals surface area contributed by atoms with Gasteiger partial charge in [-0.2, -0.15) is 0 Å². The Morgan fingerprint density at radius 2 is 2.28 bits per heavy atom. The van der Waals surface area contributed by atoms with E-state index in [-0.39, 0.29) is 12.5 Å². The molecule has 0 atom stereocenters. The highest BCUT2D eigenvalue weighted by Gasteiger charge is 2.23. The number of amides is 1. The number of carbonyl (C=O) groups excluding carboxylic acids is 1. The lowest BCUT2D eigenvalue weighted by atomic mass is 10.2. The van der Waals surface area contributed by atoms with Crippen LogP contribution in [0.2, 0.25) is 5.15 Å². The van der Waals surface area contributed by atoms with E-state index in [1.165, 1.54) is 6.33 Å². The van der Waals surface area contributed by atoms with Gasteiger partial charge in [-0.25, -0.2) is 9.97 Å². The predicted octanol–water partition coefficient (Wildman–Crippen LogP) is 1.77. The SMILES string of the molecule is CCCc1c(Cl)ncnc1NCC(=O)NC1CC1. The van der Waals surface area contributed by atoms with E-state index in [1.54, 1.807) is 0 Å². The minimum Gasteiger partial charge on any atom is -0.361 e. The molecule has 2 N–H and O–H groups in total. The quantitative estimate of drug-likeness (QED) is 0.772. The molecule has 1 amide bonds. The molecule has 2 rings (SSSR count). The number of hydrogen-bond donors (Lipinski definition) is 2. The number of carbonyl (C=O) groups is 1. The van der Waals surface area contributed by atoms with Crippen LogP contribution in [-0.4, -0.2) is 28.5 Å². The molecule has 1 fully saturated rings. The first-order valence-corrected chi connectivity index (χ1v) is 6.61. The second kappa shape index (κ2) is 6.00. The molecule has 0 aliphatic heterocycles. The number of anilines is 1. The van der Waals surface area contributed by atoms with E-state index in [2.05, 4.69) is 27.5 Å². The summed E-state index contributed by atoms with van der Waals surface area (Å²) in [6, 6.07) is 0.378. The predicted molar refractivity (Wildman–Crippen MR) is 70.7 cm³/mol. The topological polar surface area (TPSA) is 66.9 Å². The summed E-state index contributed by atoms with van der Waals surface area (Å²) < 4.78 is 0. The molecule has 98 valence electrons. The number of nitrogens with one attached hydrogen (secondary N) is 2. The van der Waals surface area contributed by atoms with Crippen molar-refractivity contribution in [1.82, 2.24) is 15.3 Å². The fourth-order valence-electron chi connectivity index (χ4n) is 1.69. The Morgan fingerprint density at radius 1 is 1.50 bits per heavy atom. The van der Waals surface area contributed by atoms with Crippen molar-refractivity contribution in [1.29, 1.82) is 0 Å². The molecule has 1 aromatic rings. The Morgan fingerprint density at radius 3 is 2.94 bits per heavy atom. The third kappa shape index (κ3) is 3.57. The first-order valence-electron chi connectivity index (χ1n) is 6.23. The van der Waals surface area contributed by atoms with Crippen LogP contribution >= 0.6 is 11.6 Å². The van der Waals surface area contributed by atoms with Crippen molar-refractivity contribution in [3.05, 3.63) is 17.0 Å². The third-order valence-electron chi connectivity index (χ3n) is 2.75. The van der Waals surface area contributed by atoms with Crippen LogP contribution in [0.5, 0.6) is 0 Å². The maximum atomic E-state index is 11.6. The third-order valence-corrected chi connectivity index (χ3v) is 3.08. The normalized spacial score (nSPS) is 14.3. The van der Waals surface area contributed by atoms with Crippen LogP contribution in [0.3, 0.4) is 0 Å². The number of hydrogen-bond acceptors (Lipinski definition) is 4. The second-order valence-electron chi connectivity index (χ2n) is 4.44. The van der Waals surface area contributed by atoms with Crippen molar-refractivity contribution in [3.63, 3.8) is 0 Å². The molecule has 5 nitrogen and oxygen atoms in total. The Bertz CT molecular complexity index is 434. The van der Waals surface area contributed by atoms with Gasteiger partial charge in [0.25, 0.3) is 0 Å². The number of halogens is 1. The van der Waals surface area contributed by atoms with E-state index in [0.717, 1.165) is 31.2 Å². The fourth-order valence-corrected chi connectivity index (χ4v) is 1.91. The number of rotatable bonds is 6. The van der Waals surface area contributed by atoms with E-state index < -0.39 is 0 Å². The van der Waals surface area contributed by atoms with Gasteiger partial charge in [-0.3, -0.25) is 4.79 Å². The van der Waals surface area contributed by atoms with Gasteiger partial charge < -0.3 is 10.6 Å². The average Bonchev–Trinajstić information content (AvgIpc) is 3.14. The maximum absolute atomic E-state index is 11.6. The molecule has 6 heteroatoms. The van der Waals surface area contributed by atoms with E-state index in [4.69, 9.17) is 11.6 Å². The molecule has 0 unspecified atom stereocenters. The van der Waals surface area contributed by atoms with Crippen LogP contribution in [0, 0.1) is 0 Å². The Labute approximate surface area is 111 Å². The van der Waals surface area contributed by atoms with Crippen molar-refractivity contribution in [3.8, 4) is 0 Å². The van der Waals surface area contributed by atoms with Gasteiger partial charge in [-0.1, -0.05) is 24.9 Å². The van der Waals surface area contributed by atoms with Gasteiger partial charge in [0.1, 0.15) is 17.3 Å². The van der Waals surface area contributed by atoms with Gasteiger partial charge in [-0.15, -0.1) is 0 Å². The lowest BCUT2D eigenvalue weighted by Crippen LogP contribution is -2.31. The van der Waals surface area contributed by atoms with E-state index in [9.17, 15) is 4.79 Å². The summed E-state index contributed by atoms with van der Waals surface area (Å²) in [5, 5.41) is 6.39. The molecule has 0 aromatic carbocycles. The molecule has 0 saturated heterocycles. The molecule has 0 radical (unpaired) electrons. The summed E-state index contributed by atoms with van der Waals surface area (Å²) in [7, 11) is 0. The second-order valence-corrected chi connectivity index (χ2v) is 4.79. The molecule has 1 aliphatic rings. The summed E-state index contributed by atoms with van der Waals surface area (Å²) in [6.45, 7) is 2.29. The Balaban J connectivity index is 1.94. The minimum absolute atomic E-state index is 0.00492. The molecule has 1 aliphatic carbocycles. The van der Waals surface area contributed by atoms with Crippen molar-refractivity contribution in [2.24, 2.45) is 0 Å². The van der Waals surface area contributed by atoms with Gasteiger partial charge in [0.15, 0.2) is 0 Å². The fraction of sp³-hybridized carbons (Fsp3) is 0.583. The molecular weight excluding hydrogens is 252 g/mol. The van der Waals surface area contributed by atoms with Crippen molar-refractivity contribution in [2.45, 2.75) is 38.6 Å². The molecule has 1 saturated carbocycles. The number of nitrogens with zero attached hydrogens (tertiary/aromatic N) is 2. The lowest BCUT2D eigenvalue weighted by Gasteiger charge is -2.11. The number of aromatic nitrogens is 2. The van der Waals surface area contributed by atoms with Gasteiger partial charge in [0, 0.05) is 11.6 Å². The van der Waals surface area contributed by atoms with Crippen LogP contribution in [-0.2, 0) is 11.2 Å². The summed E-state index contributed by atoms with van der Waals surface area (Å²) in [4.78, 5) is 19.7. The van der Waals surface area contributed by atoms with Crippen LogP contribution in [0.4, 0.5) is 5.82 Å². The molecular formula is C12H17ClN4O. The van der Waals surface area contributed by atoms with Gasteiger partial charge >= 0.3 is 0 Å². The Hall–Kier alpha value is -1.36. The molecule has 1 heterocycles. The smallest absolute Gasteiger partial charge is 0.239 e. The monoisotopic (exact) mass is 268 g/mol. The van der Waals surface area contributed by atoms with Crippen molar-refractivity contribution < 1.29 is 4.79 Å². The lowest BCUT2D eigenvalue weighted by molar-refractivity contribution is -0.119. The zero-order valence-corrected chi connectivity index (χ0v) is 11.1. The highest BCUT2D eigenvalue weighted by Crippen LogP contribution is 2.21. The Kier molecular flexibility index (Phi) is 4.36. The van der Waals surface area contributed by atoms with E-state index in [0.29, 0.717) is 17.0 Å². The van der Waals surface area contributed by atoms with Crippen LogP contribution < -0.4 is 10.6 Å². The summed E-state index contributed by atoms with van der Waals surface area (Å²) in [5.41, 5.74) is 0.876. The summed E-state index contributed by atoms with van der Waals surface area (Å²) >= 11 is 6.03. The standard InChI is InChI=1S/C12H17ClN4O/c1-2-3-9-11(13)15-7-16-12(9)14-6-10(18)17-8-4-5-8/h7-8H,2-6H2,1H3,(H,17,18)(H,14,15,16). The summed E-state index contributed by atoms with van der Waals surface area (Å²) in [6.07, 6.45) is 5.34. The molecule has 0 spiro atoms. The summed E-state index contributed by atoms with van der Waals surface area (Å²) in [5.74, 6) is 0.650. The highest BCUT2D eigenvalue weighted by atomic mass is 35.5. The first kappa shape index (κ1) is 13.1. The van der Waals surface area contributed by atoms with Gasteiger partial charge in [0.2, 0.25) is 5.91 Å². The van der Waals surface area contributed by atoms with Crippen molar-refractivity contribution in [2.75, 3.05) is 11.9 Å². The largest absolute Gasteiger partial charge is 0.361 e. The molecule has 1 aromatic heterocycles.